The smallest absolute Gasteiger partial charge is 0.191 e. The maximum atomic E-state index is 10.6. The number of nitrogens with one attached hydrogen (secondary N) is 2. The minimum Gasteiger partial charge on any atom is -0.492 e. The summed E-state index contributed by atoms with van der Waals surface area (Å²) in [5.41, 5.74) is 1.84. The van der Waals surface area contributed by atoms with Crippen LogP contribution in [0.1, 0.15) is 38.0 Å². The van der Waals surface area contributed by atoms with Crippen molar-refractivity contribution in [2.45, 2.75) is 39.5 Å². The van der Waals surface area contributed by atoms with E-state index in [1.54, 1.807) is 0 Å². The zero-order chi connectivity index (χ0) is 23.3. The summed E-state index contributed by atoms with van der Waals surface area (Å²) in [4.78, 5) is 6.76. The summed E-state index contributed by atoms with van der Waals surface area (Å²) in [7, 11) is 4.05. The molecular formula is C25H38N4O3. The molecule has 1 unspecified atom stereocenters. The van der Waals surface area contributed by atoms with E-state index in [1.165, 1.54) is 0 Å². The maximum Gasteiger partial charge on any atom is 0.191 e. The summed E-state index contributed by atoms with van der Waals surface area (Å²) in [6.07, 6.45) is -0.538. The van der Waals surface area contributed by atoms with Gasteiger partial charge in [0.25, 0.3) is 0 Å². The lowest BCUT2D eigenvalue weighted by Crippen LogP contribution is -2.39. The number of aliphatic imine (C=N–C) groups is 1. The lowest BCUT2D eigenvalue weighted by Gasteiger charge is -2.17. The van der Waals surface area contributed by atoms with Crippen LogP contribution in [0.3, 0.4) is 0 Å². The number of ether oxygens (including phenoxy) is 2. The van der Waals surface area contributed by atoms with E-state index in [2.05, 4.69) is 20.5 Å². The fraction of sp³-hybridized carbons (Fsp3) is 0.480. The second kappa shape index (κ2) is 13.6. The zero-order valence-electron chi connectivity index (χ0n) is 20.0. The number of aliphatic hydroxyl groups excluding tert-OH is 1. The van der Waals surface area contributed by atoms with Crippen LogP contribution in [0.2, 0.25) is 0 Å². The van der Waals surface area contributed by atoms with Crippen molar-refractivity contribution in [3.05, 3.63) is 59.7 Å². The largest absolute Gasteiger partial charge is 0.492 e. The van der Waals surface area contributed by atoms with E-state index in [1.807, 2.05) is 83.4 Å². The van der Waals surface area contributed by atoms with E-state index < -0.39 is 6.10 Å². The van der Waals surface area contributed by atoms with Crippen LogP contribution in [0.15, 0.2) is 53.5 Å². The molecule has 32 heavy (non-hydrogen) atoms. The van der Waals surface area contributed by atoms with Gasteiger partial charge in [0.1, 0.15) is 18.1 Å². The number of hydrogen-bond donors (Lipinski definition) is 3. The number of guanidine groups is 1. The second-order valence-corrected chi connectivity index (χ2v) is 8.09. The van der Waals surface area contributed by atoms with Gasteiger partial charge in [-0.05, 0) is 58.6 Å². The highest BCUT2D eigenvalue weighted by Gasteiger charge is 2.10. The molecule has 0 aliphatic heterocycles. The zero-order valence-corrected chi connectivity index (χ0v) is 20.0. The molecule has 0 amide bonds. The fourth-order valence-electron chi connectivity index (χ4n) is 2.97. The third kappa shape index (κ3) is 9.16. The van der Waals surface area contributed by atoms with Crippen molar-refractivity contribution in [3.63, 3.8) is 0 Å². The molecule has 0 heterocycles. The Labute approximate surface area is 192 Å². The Morgan fingerprint density at radius 1 is 1.06 bits per heavy atom. The summed E-state index contributed by atoms with van der Waals surface area (Å²) in [5, 5.41) is 17.0. The number of benzene rings is 2. The molecule has 3 N–H and O–H groups in total. The first-order valence-corrected chi connectivity index (χ1v) is 11.2. The van der Waals surface area contributed by atoms with Crippen molar-refractivity contribution < 1.29 is 14.6 Å². The number of para-hydroxylation sites is 1. The Hall–Kier alpha value is -2.77. The van der Waals surface area contributed by atoms with Crippen LogP contribution in [0, 0.1) is 0 Å². The highest BCUT2D eigenvalue weighted by Crippen LogP contribution is 2.20. The third-order valence-electron chi connectivity index (χ3n) is 4.62. The van der Waals surface area contributed by atoms with Gasteiger partial charge < -0.3 is 30.1 Å². The Morgan fingerprint density at radius 3 is 2.44 bits per heavy atom. The SMILES string of the molecule is CCNC(=NCc1ccccc1OCCN(C)C)NCC(O)c1ccc(OC(C)C)cc1. The number of aliphatic hydroxyl groups is 1. The first-order valence-electron chi connectivity index (χ1n) is 11.2. The van der Waals surface area contributed by atoms with Crippen LogP contribution in [0.5, 0.6) is 11.5 Å². The van der Waals surface area contributed by atoms with Crippen molar-refractivity contribution in [3.8, 4) is 11.5 Å². The van der Waals surface area contributed by atoms with Gasteiger partial charge >= 0.3 is 0 Å². The van der Waals surface area contributed by atoms with Gasteiger partial charge in [0, 0.05) is 25.2 Å². The minimum atomic E-state index is -0.659. The van der Waals surface area contributed by atoms with Crippen molar-refractivity contribution in [1.29, 1.82) is 0 Å². The molecule has 176 valence electrons. The highest BCUT2D eigenvalue weighted by molar-refractivity contribution is 5.79. The number of likely N-dealkylation sites (N-methyl/N-ethyl adjacent to an activating group) is 1. The summed E-state index contributed by atoms with van der Waals surface area (Å²) in [5.74, 6) is 2.29. The van der Waals surface area contributed by atoms with Gasteiger partial charge in [0.05, 0.1) is 18.8 Å². The predicted molar refractivity (Wildman–Crippen MR) is 130 cm³/mol. The van der Waals surface area contributed by atoms with Gasteiger partial charge in [-0.15, -0.1) is 0 Å². The monoisotopic (exact) mass is 442 g/mol. The lowest BCUT2D eigenvalue weighted by molar-refractivity contribution is 0.180. The topological polar surface area (TPSA) is 78.4 Å². The second-order valence-electron chi connectivity index (χ2n) is 8.09. The van der Waals surface area contributed by atoms with Gasteiger partial charge in [-0.25, -0.2) is 4.99 Å². The van der Waals surface area contributed by atoms with Gasteiger partial charge in [-0.3, -0.25) is 0 Å². The molecule has 0 saturated carbocycles. The van der Waals surface area contributed by atoms with Crippen LogP contribution in [0.25, 0.3) is 0 Å². The minimum absolute atomic E-state index is 0.120. The summed E-state index contributed by atoms with van der Waals surface area (Å²) in [6.45, 7) is 9.01. The molecule has 0 fully saturated rings. The van der Waals surface area contributed by atoms with Crippen molar-refractivity contribution >= 4 is 5.96 Å². The normalized spacial score (nSPS) is 12.7. The predicted octanol–water partition coefficient (Wildman–Crippen LogP) is 3.20. The van der Waals surface area contributed by atoms with Gasteiger partial charge in [0.2, 0.25) is 0 Å². The van der Waals surface area contributed by atoms with E-state index in [9.17, 15) is 5.11 Å². The molecule has 0 saturated heterocycles. The van der Waals surface area contributed by atoms with Gasteiger partial charge in [-0.2, -0.15) is 0 Å². The van der Waals surface area contributed by atoms with E-state index in [-0.39, 0.29) is 6.10 Å². The Balaban J connectivity index is 1.95. The van der Waals surface area contributed by atoms with E-state index in [0.29, 0.717) is 25.7 Å². The number of hydrogen-bond acceptors (Lipinski definition) is 5. The van der Waals surface area contributed by atoms with Crippen LogP contribution in [-0.2, 0) is 6.54 Å². The molecular weight excluding hydrogens is 404 g/mol. The van der Waals surface area contributed by atoms with E-state index >= 15 is 0 Å². The van der Waals surface area contributed by atoms with Crippen LogP contribution < -0.4 is 20.1 Å². The standard InChI is InChI=1S/C25H38N4O3/c1-6-26-25(27-17-21-9-7-8-10-24(21)31-16-15-29(4)5)28-18-23(30)20-11-13-22(14-12-20)32-19(2)3/h7-14,19,23,30H,6,15-18H2,1-5H3,(H2,26,27,28). The third-order valence-corrected chi connectivity index (χ3v) is 4.62. The van der Waals surface area contributed by atoms with Crippen LogP contribution >= 0.6 is 0 Å². The fourth-order valence-corrected chi connectivity index (χ4v) is 2.97. The molecule has 0 bridgehead atoms. The first-order chi connectivity index (χ1) is 15.4. The average Bonchev–Trinajstić information content (AvgIpc) is 2.76. The molecule has 0 aliphatic rings. The molecule has 1 atom stereocenters. The molecule has 2 rings (SSSR count). The van der Waals surface area contributed by atoms with Gasteiger partial charge in [0.15, 0.2) is 5.96 Å². The average molecular weight is 443 g/mol. The highest BCUT2D eigenvalue weighted by atomic mass is 16.5. The Morgan fingerprint density at radius 2 is 1.78 bits per heavy atom. The maximum absolute atomic E-state index is 10.6. The number of nitrogens with zero attached hydrogens (tertiary/aromatic N) is 2. The lowest BCUT2D eigenvalue weighted by atomic mass is 10.1. The molecule has 2 aromatic carbocycles. The van der Waals surface area contributed by atoms with Crippen molar-refractivity contribution in [2.75, 3.05) is 40.3 Å². The first kappa shape index (κ1) is 25.5. The summed E-state index contributed by atoms with van der Waals surface area (Å²) >= 11 is 0. The van der Waals surface area contributed by atoms with Gasteiger partial charge in [-0.1, -0.05) is 30.3 Å². The Kier molecular flexibility index (Phi) is 10.8. The molecule has 7 heteroatoms. The van der Waals surface area contributed by atoms with Crippen molar-refractivity contribution in [1.82, 2.24) is 15.5 Å². The Bertz CT molecular complexity index is 822. The summed E-state index contributed by atoms with van der Waals surface area (Å²) in [6, 6.07) is 15.5. The van der Waals surface area contributed by atoms with E-state index in [4.69, 9.17) is 9.47 Å². The molecule has 0 aromatic heterocycles. The van der Waals surface area contributed by atoms with Crippen molar-refractivity contribution in [2.24, 2.45) is 4.99 Å². The molecule has 0 aliphatic carbocycles. The molecule has 7 nitrogen and oxygen atoms in total. The quantitative estimate of drug-likeness (QED) is 0.346. The van der Waals surface area contributed by atoms with Crippen LogP contribution in [0.4, 0.5) is 0 Å². The molecule has 0 spiro atoms. The van der Waals surface area contributed by atoms with E-state index in [0.717, 1.165) is 35.7 Å². The summed E-state index contributed by atoms with van der Waals surface area (Å²) < 4.78 is 11.6. The molecule has 2 aromatic rings. The molecule has 0 radical (unpaired) electrons. The van der Waals surface area contributed by atoms with Crippen LogP contribution in [-0.4, -0.2) is 62.4 Å². The number of rotatable bonds is 12.